The van der Waals surface area contributed by atoms with Crippen LogP contribution in [-0.4, -0.2) is 33.8 Å². The van der Waals surface area contributed by atoms with E-state index in [1.165, 1.54) is 0 Å². The Labute approximate surface area is 116 Å². The monoisotopic (exact) mass is 270 g/mol. The molecule has 3 rings (SSSR count). The van der Waals surface area contributed by atoms with Crippen molar-refractivity contribution in [1.82, 2.24) is 19.6 Å². The highest BCUT2D eigenvalue weighted by atomic mass is 16.5. The lowest BCUT2D eigenvalue weighted by atomic mass is 10.1. The Morgan fingerprint density at radius 1 is 1.15 bits per heavy atom. The second-order valence-corrected chi connectivity index (χ2v) is 4.31. The zero-order valence-electron chi connectivity index (χ0n) is 11.5. The van der Waals surface area contributed by atoms with E-state index in [-0.39, 0.29) is 0 Å². The van der Waals surface area contributed by atoms with E-state index in [0.29, 0.717) is 11.6 Å². The van der Waals surface area contributed by atoms with Crippen LogP contribution < -0.4 is 9.47 Å². The van der Waals surface area contributed by atoms with Gasteiger partial charge >= 0.3 is 0 Å². The third-order valence-electron chi connectivity index (χ3n) is 3.02. The number of methoxy groups -OCH3 is 2. The van der Waals surface area contributed by atoms with Crippen molar-refractivity contribution in [2.75, 3.05) is 14.2 Å². The maximum Gasteiger partial charge on any atom is 0.252 e. The van der Waals surface area contributed by atoms with E-state index in [1.807, 2.05) is 31.3 Å². The van der Waals surface area contributed by atoms with Crippen LogP contribution in [0.4, 0.5) is 0 Å². The topological polar surface area (TPSA) is 61.5 Å². The molecule has 2 heterocycles. The first-order chi connectivity index (χ1) is 9.71. The molecule has 0 aliphatic heterocycles. The number of ether oxygens (including phenoxy) is 2. The molecular weight excluding hydrogens is 256 g/mol. The van der Waals surface area contributed by atoms with E-state index >= 15 is 0 Å². The van der Waals surface area contributed by atoms with Crippen molar-refractivity contribution in [3.8, 4) is 22.6 Å². The van der Waals surface area contributed by atoms with Gasteiger partial charge in [0.2, 0.25) is 0 Å². The lowest BCUT2D eigenvalue weighted by molar-refractivity contribution is 0.395. The number of hydrogen-bond donors (Lipinski definition) is 0. The highest BCUT2D eigenvalue weighted by Crippen LogP contribution is 2.32. The molecule has 6 heteroatoms. The molecule has 0 N–H and O–H groups in total. The molecule has 2 aromatic heterocycles. The second-order valence-electron chi connectivity index (χ2n) is 4.31. The summed E-state index contributed by atoms with van der Waals surface area (Å²) in [6, 6.07) is 5.66. The van der Waals surface area contributed by atoms with Crippen LogP contribution in [0.2, 0.25) is 0 Å². The minimum absolute atomic E-state index is 0.582. The van der Waals surface area contributed by atoms with Crippen molar-refractivity contribution < 1.29 is 9.47 Å². The third kappa shape index (κ3) is 2.05. The lowest BCUT2D eigenvalue weighted by Gasteiger charge is -2.10. The molecule has 0 atom stereocenters. The number of aromatic nitrogens is 4. The number of aryl methyl sites for hydroxylation is 1. The smallest absolute Gasteiger partial charge is 0.252 e. The Balaban J connectivity index is 2.14. The van der Waals surface area contributed by atoms with E-state index in [2.05, 4.69) is 15.1 Å². The summed E-state index contributed by atoms with van der Waals surface area (Å²) in [6.45, 7) is 1.84. The maximum absolute atomic E-state index is 5.41. The average molecular weight is 270 g/mol. The van der Waals surface area contributed by atoms with Crippen LogP contribution >= 0.6 is 0 Å². The zero-order chi connectivity index (χ0) is 14.1. The van der Waals surface area contributed by atoms with Gasteiger partial charge in [-0.05, 0) is 19.1 Å². The van der Waals surface area contributed by atoms with Gasteiger partial charge in [0.15, 0.2) is 0 Å². The maximum atomic E-state index is 5.41. The molecule has 0 bridgehead atoms. The van der Waals surface area contributed by atoms with Crippen LogP contribution in [0.15, 0.2) is 30.6 Å². The van der Waals surface area contributed by atoms with Crippen molar-refractivity contribution in [3.05, 3.63) is 36.4 Å². The Morgan fingerprint density at radius 2 is 2.00 bits per heavy atom. The highest BCUT2D eigenvalue weighted by molar-refractivity contribution is 5.70. The van der Waals surface area contributed by atoms with Crippen LogP contribution in [-0.2, 0) is 0 Å². The molecule has 0 amide bonds. The van der Waals surface area contributed by atoms with Gasteiger partial charge in [-0.3, -0.25) is 0 Å². The van der Waals surface area contributed by atoms with Gasteiger partial charge in [-0.2, -0.15) is 10.1 Å². The van der Waals surface area contributed by atoms with Gasteiger partial charge in [0.05, 0.1) is 14.2 Å². The third-order valence-corrected chi connectivity index (χ3v) is 3.02. The fraction of sp³-hybridized carbons (Fsp3) is 0.214. The SMILES string of the molecule is COc1ccc(-c2cnc3nc(C)nn3c2)c(OC)c1. The summed E-state index contributed by atoms with van der Waals surface area (Å²) in [6.07, 6.45) is 3.64. The van der Waals surface area contributed by atoms with Gasteiger partial charge in [-0.1, -0.05) is 0 Å². The molecule has 6 nitrogen and oxygen atoms in total. The van der Waals surface area contributed by atoms with Crippen LogP contribution in [0.3, 0.4) is 0 Å². The predicted octanol–water partition coefficient (Wildman–Crippen LogP) is 2.12. The van der Waals surface area contributed by atoms with E-state index < -0.39 is 0 Å². The van der Waals surface area contributed by atoms with Crippen molar-refractivity contribution in [3.63, 3.8) is 0 Å². The van der Waals surface area contributed by atoms with Gasteiger partial charge < -0.3 is 9.47 Å². The second kappa shape index (κ2) is 4.80. The summed E-state index contributed by atoms with van der Waals surface area (Å²) in [5, 5.41) is 4.27. The molecule has 0 aliphatic carbocycles. The van der Waals surface area contributed by atoms with E-state index in [1.54, 1.807) is 24.9 Å². The Morgan fingerprint density at radius 3 is 2.75 bits per heavy atom. The van der Waals surface area contributed by atoms with Gasteiger partial charge in [0, 0.05) is 29.6 Å². The van der Waals surface area contributed by atoms with E-state index in [9.17, 15) is 0 Å². The van der Waals surface area contributed by atoms with Gasteiger partial charge in [0.1, 0.15) is 17.3 Å². The Bertz CT molecular complexity index is 767. The molecule has 0 unspecified atom stereocenters. The molecule has 102 valence electrons. The normalized spacial score (nSPS) is 10.8. The lowest BCUT2D eigenvalue weighted by Crippen LogP contribution is -1.95. The molecule has 1 aromatic carbocycles. The summed E-state index contributed by atoms with van der Waals surface area (Å²) in [5.41, 5.74) is 1.83. The number of nitrogens with zero attached hydrogens (tertiary/aromatic N) is 4. The Hall–Kier alpha value is -2.63. The molecule has 0 saturated carbocycles. The van der Waals surface area contributed by atoms with Crippen LogP contribution in [0, 0.1) is 6.92 Å². The number of hydrogen-bond acceptors (Lipinski definition) is 5. The van der Waals surface area contributed by atoms with Crippen molar-refractivity contribution >= 4 is 5.78 Å². The Kier molecular flexibility index (Phi) is 2.98. The van der Waals surface area contributed by atoms with Gasteiger partial charge in [-0.15, -0.1) is 0 Å². The standard InChI is InChI=1S/C14H14N4O2/c1-9-16-14-15-7-10(8-18(14)17-9)12-5-4-11(19-2)6-13(12)20-3/h4-8H,1-3H3. The molecule has 0 fully saturated rings. The largest absolute Gasteiger partial charge is 0.497 e. The molecule has 20 heavy (non-hydrogen) atoms. The predicted molar refractivity (Wildman–Crippen MR) is 74.1 cm³/mol. The first-order valence-corrected chi connectivity index (χ1v) is 6.12. The molecule has 0 saturated heterocycles. The van der Waals surface area contributed by atoms with Crippen molar-refractivity contribution in [2.24, 2.45) is 0 Å². The molecule has 3 aromatic rings. The summed E-state index contributed by atoms with van der Waals surface area (Å²) in [7, 11) is 3.25. The van der Waals surface area contributed by atoms with E-state index in [0.717, 1.165) is 22.6 Å². The summed E-state index contributed by atoms with van der Waals surface area (Å²) >= 11 is 0. The van der Waals surface area contributed by atoms with Crippen LogP contribution in [0.5, 0.6) is 11.5 Å². The van der Waals surface area contributed by atoms with E-state index in [4.69, 9.17) is 9.47 Å². The summed E-state index contributed by atoms with van der Waals surface area (Å²) < 4.78 is 12.3. The first kappa shape index (κ1) is 12.4. The number of rotatable bonds is 3. The minimum Gasteiger partial charge on any atom is -0.497 e. The summed E-state index contributed by atoms with van der Waals surface area (Å²) in [5.74, 6) is 2.74. The van der Waals surface area contributed by atoms with Crippen molar-refractivity contribution in [2.45, 2.75) is 6.92 Å². The van der Waals surface area contributed by atoms with Crippen LogP contribution in [0.25, 0.3) is 16.9 Å². The van der Waals surface area contributed by atoms with Crippen molar-refractivity contribution in [1.29, 1.82) is 0 Å². The van der Waals surface area contributed by atoms with Crippen LogP contribution in [0.1, 0.15) is 5.82 Å². The quantitative estimate of drug-likeness (QED) is 0.729. The number of benzene rings is 1. The zero-order valence-corrected chi connectivity index (χ0v) is 11.5. The highest BCUT2D eigenvalue weighted by Gasteiger charge is 2.10. The van der Waals surface area contributed by atoms with Gasteiger partial charge in [0.25, 0.3) is 5.78 Å². The fourth-order valence-corrected chi connectivity index (χ4v) is 2.06. The molecule has 0 spiro atoms. The average Bonchev–Trinajstić information content (AvgIpc) is 2.85. The fourth-order valence-electron chi connectivity index (χ4n) is 2.06. The number of fused-ring (bicyclic) bond motifs is 1. The first-order valence-electron chi connectivity index (χ1n) is 6.12. The minimum atomic E-state index is 0.582. The summed E-state index contributed by atoms with van der Waals surface area (Å²) in [4.78, 5) is 8.51. The molecule has 0 radical (unpaired) electrons. The van der Waals surface area contributed by atoms with Gasteiger partial charge in [-0.25, -0.2) is 9.50 Å². The molecular formula is C14H14N4O2. The molecule has 0 aliphatic rings.